The smallest absolute Gasteiger partial charge is 0.255 e. The van der Waals surface area contributed by atoms with Crippen LogP contribution in [0.15, 0.2) is 48.5 Å². The third kappa shape index (κ3) is 5.64. The molecule has 0 aliphatic heterocycles. The topological polar surface area (TPSA) is 67.4 Å². The number of nitrogens with one attached hydrogen (secondary N) is 2. The summed E-state index contributed by atoms with van der Waals surface area (Å²) in [5.41, 5.74) is 1.64. The normalized spacial score (nSPS) is 10.2. The predicted octanol–water partition coefficient (Wildman–Crippen LogP) is 3.87. The summed E-state index contributed by atoms with van der Waals surface area (Å²) in [5, 5.41) is 5.68. The molecule has 0 atom stereocenters. The van der Waals surface area contributed by atoms with Gasteiger partial charge >= 0.3 is 0 Å². The molecule has 2 rings (SSSR count). The summed E-state index contributed by atoms with van der Waals surface area (Å²) in [7, 11) is 0. The molecule has 0 saturated heterocycles. The van der Waals surface area contributed by atoms with Crippen molar-refractivity contribution in [2.75, 3.05) is 18.5 Å². The molecule has 5 nitrogen and oxygen atoms in total. The highest BCUT2D eigenvalue weighted by Gasteiger charge is 2.09. The third-order valence-electron chi connectivity index (χ3n) is 3.63. The van der Waals surface area contributed by atoms with Crippen molar-refractivity contribution in [3.63, 3.8) is 0 Å². The summed E-state index contributed by atoms with van der Waals surface area (Å²) in [6, 6.07) is 13.9. The van der Waals surface area contributed by atoms with Crippen molar-refractivity contribution in [3.05, 3.63) is 59.7 Å². The van der Waals surface area contributed by atoms with Crippen molar-refractivity contribution in [1.82, 2.24) is 5.32 Å². The Kier molecular flexibility index (Phi) is 7.01. The van der Waals surface area contributed by atoms with Crippen LogP contribution in [0.5, 0.6) is 5.75 Å². The van der Waals surface area contributed by atoms with Crippen molar-refractivity contribution < 1.29 is 14.3 Å². The molecule has 5 heteroatoms. The first kappa shape index (κ1) is 18.5. The minimum absolute atomic E-state index is 0.134. The van der Waals surface area contributed by atoms with Crippen LogP contribution in [-0.2, 0) is 0 Å². The van der Waals surface area contributed by atoms with Crippen LogP contribution < -0.4 is 15.4 Å². The Balaban J connectivity index is 2.00. The van der Waals surface area contributed by atoms with Crippen molar-refractivity contribution in [2.45, 2.75) is 26.7 Å². The Morgan fingerprint density at radius 3 is 2.40 bits per heavy atom. The van der Waals surface area contributed by atoms with Crippen LogP contribution in [0.3, 0.4) is 0 Å². The fourth-order valence-corrected chi connectivity index (χ4v) is 2.29. The number of amides is 2. The van der Waals surface area contributed by atoms with Gasteiger partial charge in [-0.15, -0.1) is 0 Å². The maximum absolute atomic E-state index is 12.3. The first-order chi connectivity index (χ1) is 12.1. The SMILES string of the molecule is CCCCNC(=O)c1cccc(NC(=O)c2ccc(OCC)cc2)c1. The number of hydrogen-bond donors (Lipinski definition) is 2. The van der Waals surface area contributed by atoms with Crippen LogP contribution in [0.2, 0.25) is 0 Å². The summed E-state index contributed by atoms with van der Waals surface area (Å²) in [6.07, 6.45) is 1.97. The minimum atomic E-state index is -0.230. The first-order valence-corrected chi connectivity index (χ1v) is 8.56. The number of hydrogen-bond acceptors (Lipinski definition) is 3. The predicted molar refractivity (Wildman–Crippen MR) is 99.2 cm³/mol. The zero-order chi connectivity index (χ0) is 18.1. The summed E-state index contributed by atoms with van der Waals surface area (Å²) < 4.78 is 5.37. The molecule has 2 N–H and O–H groups in total. The molecular formula is C20H24N2O3. The molecule has 0 aliphatic rings. The van der Waals surface area contributed by atoms with E-state index in [0.717, 1.165) is 18.6 Å². The summed E-state index contributed by atoms with van der Waals surface area (Å²) in [5.74, 6) is 0.363. The highest BCUT2D eigenvalue weighted by molar-refractivity contribution is 6.05. The van der Waals surface area contributed by atoms with E-state index < -0.39 is 0 Å². The molecule has 0 radical (unpaired) electrons. The van der Waals surface area contributed by atoms with E-state index in [0.29, 0.717) is 30.0 Å². The van der Waals surface area contributed by atoms with E-state index in [1.165, 1.54) is 0 Å². The number of carbonyl (C=O) groups excluding carboxylic acids is 2. The van der Waals surface area contributed by atoms with Crippen LogP contribution in [0.25, 0.3) is 0 Å². The number of rotatable bonds is 8. The Morgan fingerprint density at radius 1 is 0.960 bits per heavy atom. The van der Waals surface area contributed by atoms with Gasteiger partial charge in [0, 0.05) is 23.4 Å². The monoisotopic (exact) mass is 340 g/mol. The van der Waals surface area contributed by atoms with Crippen LogP contribution in [0.4, 0.5) is 5.69 Å². The Bertz CT molecular complexity index is 711. The van der Waals surface area contributed by atoms with Gasteiger partial charge in [-0.1, -0.05) is 19.4 Å². The van der Waals surface area contributed by atoms with E-state index in [-0.39, 0.29) is 11.8 Å². The van der Waals surface area contributed by atoms with E-state index in [2.05, 4.69) is 17.6 Å². The van der Waals surface area contributed by atoms with Crippen LogP contribution >= 0.6 is 0 Å². The molecule has 2 aromatic carbocycles. The fourth-order valence-electron chi connectivity index (χ4n) is 2.29. The van der Waals surface area contributed by atoms with Gasteiger partial charge in [-0.2, -0.15) is 0 Å². The molecule has 0 spiro atoms. The van der Waals surface area contributed by atoms with Crippen molar-refractivity contribution in [1.29, 1.82) is 0 Å². The first-order valence-electron chi connectivity index (χ1n) is 8.56. The Morgan fingerprint density at radius 2 is 1.72 bits per heavy atom. The number of carbonyl (C=O) groups is 2. The quantitative estimate of drug-likeness (QED) is 0.717. The third-order valence-corrected chi connectivity index (χ3v) is 3.63. The van der Waals surface area contributed by atoms with Crippen LogP contribution in [0.1, 0.15) is 47.4 Å². The van der Waals surface area contributed by atoms with E-state index in [1.54, 1.807) is 48.5 Å². The standard InChI is InChI=1S/C20H24N2O3/c1-3-5-13-21-19(23)16-7-6-8-17(14-16)22-20(24)15-9-11-18(12-10-15)25-4-2/h6-12,14H,3-5,13H2,1-2H3,(H,21,23)(H,22,24). The summed E-state index contributed by atoms with van der Waals surface area (Å²) >= 11 is 0. The lowest BCUT2D eigenvalue weighted by Crippen LogP contribution is -2.24. The number of ether oxygens (including phenoxy) is 1. The maximum atomic E-state index is 12.3. The second kappa shape index (κ2) is 9.47. The van der Waals surface area contributed by atoms with Crippen molar-refractivity contribution in [3.8, 4) is 5.75 Å². The molecule has 0 bridgehead atoms. The lowest BCUT2D eigenvalue weighted by atomic mass is 10.1. The van der Waals surface area contributed by atoms with Gasteiger partial charge in [-0.05, 0) is 55.8 Å². The second-order valence-corrected chi connectivity index (χ2v) is 5.60. The molecule has 0 unspecified atom stereocenters. The van der Waals surface area contributed by atoms with E-state index in [9.17, 15) is 9.59 Å². The highest BCUT2D eigenvalue weighted by Crippen LogP contribution is 2.15. The molecule has 0 fully saturated rings. The second-order valence-electron chi connectivity index (χ2n) is 5.60. The van der Waals surface area contributed by atoms with Crippen LogP contribution in [-0.4, -0.2) is 25.0 Å². The molecular weight excluding hydrogens is 316 g/mol. The van der Waals surface area contributed by atoms with Crippen molar-refractivity contribution >= 4 is 17.5 Å². The molecule has 0 saturated carbocycles. The Labute approximate surface area is 148 Å². The van der Waals surface area contributed by atoms with Crippen LogP contribution in [0, 0.1) is 0 Å². The lowest BCUT2D eigenvalue weighted by Gasteiger charge is -2.09. The molecule has 25 heavy (non-hydrogen) atoms. The van der Waals surface area contributed by atoms with Gasteiger partial charge in [0.25, 0.3) is 11.8 Å². The average molecular weight is 340 g/mol. The van der Waals surface area contributed by atoms with E-state index in [4.69, 9.17) is 4.74 Å². The van der Waals surface area contributed by atoms with Gasteiger partial charge in [0.05, 0.1) is 6.61 Å². The number of unbranched alkanes of at least 4 members (excludes halogenated alkanes) is 1. The summed E-state index contributed by atoms with van der Waals surface area (Å²) in [6.45, 7) is 5.21. The van der Waals surface area contributed by atoms with Gasteiger partial charge in [0.2, 0.25) is 0 Å². The molecule has 0 aromatic heterocycles. The van der Waals surface area contributed by atoms with Gasteiger partial charge < -0.3 is 15.4 Å². The van der Waals surface area contributed by atoms with Gasteiger partial charge in [0.15, 0.2) is 0 Å². The van der Waals surface area contributed by atoms with Crippen molar-refractivity contribution in [2.24, 2.45) is 0 Å². The zero-order valence-electron chi connectivity index (χ0n) is 14.7. The molecule has 0 aliphatic carbocycles. The maximum Gasteiger partial charge on any atom is 0.255 e. The van der Waals surface area contributed by atoms with E-state index >= 15 is 0 Å². The van der Waals surface area contributed by atoms with Gasteiger partial charge in [-0.3, -0.25) is 9.59 Å². The molecule has 0 heterocycles. The van der Waals surface area contributed by atoms with Gasteiger partial charge in [0.1, 0.15) is 5.75 Å². The molecule has 2 amide bonds. The fraction of sp³-hybridized carbons (Fsp3) is 0.300. The zero-order valence-corrected chi connectivity index (χ0v) is 14.7. The Hall–Kier alpha value is -2.82. The molecule has 132 valence electrons. The summed E-state index contributed by atoms with van der Waals surface area (Å²) in [4.78, 5) is 24.4. The lowest BCUT2D eigenvalue weighted by molar-refractivity contribution is 0.0951. The van der Waals surface area contributed by atoms with Gasteiger partial charge in [-0.25, -0.2) is 0 Å². The largest absolute Gasteiger partial charge is 0.494 e. The highest BCUT2D eigenvalue weighted by atomic mass is 16.5. The minimum Gasteiger partial charge on any atom is -0.494 e. The number of benzene rings is 2. The number of anilines is 1. The average Bonchev–Trinajstić information content (AvgIpc) is 2.63. The molecule has 2 aromatic rings. The van der Waals surface area contributed by atoms with E-state index in [1.807, 2.05) is 6.92 Å².